The van der Waals surface area contributed by atoms with Crippen LogP contribution in [0.5, 0.6) is 0 Å². The third kappa shape index (κ3) is 5.47. The second-order valence-corrected chi connectivity index (χ2v) is 5.97. The third-order valence-corrected chi connectivity index (χ3v) is 3.97. The number of carbonyl (C=O) groups excluding carboxylic acids is 2. The fourth-order valence-electron chi connectivity index (χ4n) is 2.59. The Bertz CT molecular complexity index is 870. The van der Waals surface area contributed by atoms with Gasteiger partial charge in [-0.2, -0.15) is 0 Å². The Kier molecular flexibility index (Phi) is 6.25. The van der Waals surface area contributed by atoms with Gasteiger partial charge in [0.05, 0.1) is 12.2 Å². The number of carbonyl (C=O) groups is 2. The van der Waals surface area contributed by atoms with Crippen LogP contribution >= 0.6 is 0 Å². The van der Waals surface area contributed by atoms with Crippen molar-refractivity contribution in [1.82, 2.24) is 20.6 Å². The summed E-state index contributed by atoms with van der Waals surface area (Å²) < 4.78 is 0. The monoisotopic (exact) mass is 360 g/mol. The highest BCUT2D eigenvalue weighted by molar-refractivity contribution is 5.96. The largest absolute Gasteiger partial charge is 0.349 e. The molecule has 0 fully saturated rings. The quantitative estimate of drug-likeness (QED) is 0.676. The number of aromatic nitrogens is 2. The van der Waals surface area contributed by atoms with Gasteiger partial charge in [-0.05, 0) is 29.8 Å². The SMILES string of the molecule is O=C(NC(Cc1ccccc1)C(=O)NCc1ccccn1)c1ccccn1. The van der Waals surface area contributed by atoms with E-state index >= 15 is 0 Å². The van der Waals surface area contributed by atoms with Crippen molar-refractivity contribution in [2.24, 2.45) is 0 Å². The van der Waals surface area contributed by atoms with Crippen LogP contribution in [0.15, 0.2) is 79.1 Å². The molecule has 0 aliphatic heterocycles. The second-order valence-electron chi connectivity index (χ2n) is 5.97. The van der Waals surface area contributed by atoms with Crippen LogP contribution in [0.3, 0.4) is 0 Å². The van der Waals surface area contributed by atoms with Crippen molar-refractivity contribution >= 4 is 11.8 Å². The van der Waals surface area contributed by atoms with E-state index in [2.05, 4.69) is 20.6 Å². The van der Waals surface area contributed by atoms with E-state index in [0.717, 1.165) is 11.3 Å². The fraction of sp³-hybridized carbons (Fsp3) is 0.143. The van der Waals surface area contributed by atoms with Crippen molar-refractivity contribution in [1.29, 1.82) is 0 Å². The summed E-state index contributed by atoms with van der Waals surface area (Å²) in [4.78, 5) is 33.4. The molecule has 3 aromatic rings. The van der Waals surface area contributed by atoms with E-state index in [4.69, 9.17) is 0 Å². The minimum Gasteiger partial charge on any atom is -0.349 e. The van der Waals surface area contributed by atoms with Crippen molar-refractivity contribution in [3.05, 3.63) is 96.1 Å². The lowest BCUT2D eigenvalue weighted by Crippen LogP contribution is -2.48. The zero-order valence-electron chi connectivity index (χ0n) is 14.7. The molecule has 2 N–H and O–H groups in total. The molecule has 2 heterocycles. The summed E-state index contributed by atoms with van der Waals surface area (Å²) in [7, 11) is 0. The molecule has 0 bridgehead atoms. The van der Waals surface area contributed by atoms with Gasteiger partial charge in [0.25, 0.3) is 5.91 Å². The molecule has 1 unspecified atom stereocenters. The first-order valence-electron chi connectivity index (χ1n) is 8.66. The maximum absolute atomic E-state index is 12.7. The lowest BCUT2D eigenvalue weighted by Gasteiger charge is -2.18. The highest BCUT2D eigenvalue weighted by Crippen LogP contribution is 2.05. The Labute approximate surface area is 157 Å². The van der Waals surface area contributed by atoms with E-state index in [0.29, 0.717) is 13.0 Å². The lowest BCUT2D eigenvalue weighted by molar-refractivity contribution is -0.123. The highest BCUT2D eigenvalue weighted by atomic mass is 16.2. The molecule has 2 amide bonds. The Morgan fingerprint density at radius 1 is 0.852 bits per heavy atom. The number of hydrogen-bond donors (Lipinski definition) is 2. The molecule has 0 saturated carbocycles. The van der Waals surface area contributed by atoms with Crippen molar-refractivity contribution in [2.75, 3.05) is 0 Å². The van der Waals surface area contributed by atoms with Gasteiger partial charge in [-0.15, -0.1) is 0 Å². The zero-order chi connectivity index (χ0) is 18.9. The molecule has 0 saturated heterocycles. The summed E-state index contributed by atoms with van der Waals surface area (Å²) in [6.07, 6.45) is 3.60. The van der Waals surface area contributed by atoms with Crippen LogP contribution in [-0.4, -0.2) is 27.8 Å². The average Bonchev–Trinajstić information content (AvgIpc) is 2.73. The Balaban J connectivity index is 1.70. The first-order chi connectivity index (χ1) is 13.2. The normalized spacial score (nSPS) is 11.4. The van der Waals surface area contributed by atoms with Crippen molar-refractivity contribution < 1.29 is 9.59 Å². The minimum absolute atomic E-state index is 0.270. The van der Waals surface area contributed by atoms with E-state index < -0.39 is 6.04 Å². The predicted octanol–water partition coefficient (Wildman–Crippen LogP) is 2.13. The number of rotatable bonds is 7. The molecule has 0 aliphatic rings. The molecule has 6 heteroatoms. The van der Waals surface area contributed by atoms with E-state index in [-0.39, 0.29) is 17.5 Å². The number of benzene rings is 1. The standard InChI is InChI=1S/C21H20N4O2/c26-20(24-15-17-10-4-6-12-22-17)19(14-16-8-2-1-3-9-16)25-21(27)18-11-5-7-13-23-18/h1-13,19H,14-15H2,(H,24,26)(H,25,27). The highest BCUT2D eigenvalue weighted by Gasteiger charge is 2.22. The van der Waals surface area contributed by atoms with Crippen LogP contribution in [-0.2, 0) is 17.8 Å². The molecule has 6 nitrogen and oxygen atoms in total. The summed E-state index contributed by atoms with van der Waals surface area (Å²) in [5.41, 5.74) is 1.98. The maximum atomic E-state index is 12.7. The Hall–Kier alpha value is -3.54. The molecule has 136 valence electrons. The van der Waals surface area contributed by atoms with Gasteiger partial charge in [0.15, 0.2) is 0 Å². The van der Waals surface area contributed by atoms with Gasteiger partial charge in [-0.1, -0.05) is 42.5 Å². The van der Waals surface area contributed by atoms with Crippen LogP contribution < -0.4 is 10.6 Å². The molecule has 27 heavy (non-hydrogen) atoms. The fourth-order valence-corrected chi connectivity index (χ4v) is 2.59. The molecule has 1 aromatic carbocycles. The maximum Gasteiger partial charge on any atom is 0.270 e. The van der Waals surface area contributed by atoms with Gasteiger partial charge in [-0.3, -0.25) is 19.6 Å². The topological polar surface area (TPSA) is 84.0 Å². The van der Waals surface area contributed by atoms with Crippen molar-refractivity contribution in [3.63, 3.8) is 0 Å². The van der Waals surface area contributed by atoms with E-state index in [9.17, 15) is 9.59 Å². The van der Waals surface area contributed by atoms with Gasteiger partial charge in [0.2, 0.25) is 5.91 Å². The van der Waals surface area contributed by atoms with Gasteiger partial charge < -0.3 is 10.6 Å². The summed E-state index contributed by atoms with van der Waals surface area (Å²) in [6.45, 7) is 0.296. The summed E-state index contributed by atoms with van der Waals surface area (Å²) >= 11 is 0. The van der Waals surface area contributed by atoms with E-state index in [1.165, 1.54) is 0 Å². The lowest BCUT2D eigenvalue weighted by atomic mass is 10.0. The van der Waals surface area contributed by atoms with Crippen LogP contribution in [0.4, 0.5) is 0 Å². The third-order valence-electron chi connectivity index (χ3n) is 3.97. The van der Waals surface area contributed by atoms with E-state index in [1.54, 1.807) is 30.6 Å². The van der Waals surface area contributed by atoms with E-state index in [1.807, 2.05) is 48.5 Å². The number of nitrogens with zero attached hydrogens (tertiary/aromatic N) is 2. The molecule has 0 radical (unpaired) electrons. The zero-order valence-corrected chi connectivity index (χ0v) is 14.7. The number of hydrogen-bond acceptors (Lipinski definition) is 4. The first kappa shape index (κ1) is 18.3. The average molecular weight is 360 g/mol. The Morgan fingerprint density at radius 3 is 2.22 bits per heavy atom. The van der Waals surface area contributed by atoms with Crippen LogP contribution in [0.2, 0.25) is 0 Å². The van der Waals surface area contributed by atoms with Gasteiger partial charge >= 0.3 is 0 Å². The molecule has 0 spiro atoms. The molecule has 0 aliphatic carbocycles. The number of nitrogens with one attached hydrogen (secondary N) is 2. The Morgan fingerprint density at radius 2 is 1.56 bits per heavy atom. The molecular weight excluding hydrogens is 340 g/mol. The number of pyridine rings is 2. The summed E-state index contributed by atoms with van der Waals surface area (Å²) in [5, 5.41) is 5.62. The van der Waals surface area contributed by atoms with Crippen molar-refractivity contribution in [3.8, 4) is 0 Å². The molecule has 2 aromatic heterocycles. The van der Waals surface area contributed by atoms with Crippen LogP contribution in [0, 0.1) is 0 Å². The first-order valence-corrected chi connectivity index (χ1v) is 8.66. The van der Waals surface area contributed by atoms with Gasteiger partial charge in [0, 0.05) is 18.8 Å². The van der Waals surface area contributed by atoms with Crippen molar-refractivity contribution in [2.45, 2.75) is 19.0 Å². The summed E-state index contributed by atoms with van der Waals surface area (Å²) in [6, 6.07) is 19.4. The van der Waals surface area contributed by atoms with Gasteiger partial charge in [-0.25, -0.2) is 0 Å². The molecule has 1 atom stereocenters. The second kappa shape index (κ2) is 9.24. The van der Waals surface area contributed by atoms with Crippen LogP contribution in [0.25, 0.3) is 0 Å². The smallest absolute Gasteiger partial charge is 0.270 e. The van der Waals surface area contributed by atoms with Gasteiger partial charge in [0.1, 0.15) is 11.7 Å². The van der Waals surface area contributed by atoms with Crippen LogP contribution in [0.1, 0.15) is 21.7 Å². The summed E-state index contributed by atoms with van der Waals surface area (Å²) in [5.74, 6) is -0.654. The molecular formula is C21H20N4O2. The predicted molar refractivity (Wildman–Crippen MR) is 102 cm³/mol. The minimum atomic E-state index is -0.717. The molecule has 3 rings (SSSR count). The number of amides is 2.